The van der Waals surface area contributed by atoms with E-state index in [2.05, 4.69) is 57.2 Å². The van der Waals surface area contributed by atoms with E-state index in [0.29, 0.717) is 12.4 Å². The van der Waals surface area contributed by atoms with Gasteiger partial charge in [0, 0.05) is 21.3 Å². The molecule has 0 bridgehead atoms. The molecule has 3 rings (SSSR count). The topological polar surface area (TPSA) is 68.5 Å². The highest BCUT2D eigenvalue weighted by Gasteiger charge is 2.08. The molecule has 0 atom stereocenters. The molecule has 0 fully saturated rings. The van der Waals surface area contributed by atoms with E-state index in [-0.39, 0.29) is 0 Å². The fraction of sp³-hybridized carbons (Fsp3) is 0.0769. The number of rotatable bonds is 4. The Morgan fingerprint density at radius 2 is 2.14 bits per heavy atom. The third-order valence-electron chi connectivity index (χ3n) is 2.75. The van der Waals surface area contributed by atoms with Crippen LogP contribution in [0, 0.1) is 0 Å². The minimum Gasteiger partial charge on any atom is -0.376 e. The molecule has 0 radical (unpaired) electrons. The summed E-state index contributed by atoms with van der Waals surface area (Å²) in [6.07, 6.45) is 6.58. The molecule has 1 N–H and O–H groups in total. The van der Waals surface area contributed by atoms with E-state index in [1.165, 1.54) is 6.33 Å². The molecule has 0 saturated carbocycles. The van der Waals surface area contributed by atoms with Crippen LogP contribution < -0.4 is 5.32 Å². The second kappa shape index (κ2) is 6.31. The van der Waals surface area contributed by atoms with Gasteiger partial charge in [0.25, 0.3) is 0 Å². The van der Waals surface area contributed by atoms with Crippen molar-refractivity contribution < 1.29 is 0 Å². The third-order valence-corrected chi connectivity index (χ3v) is 3.87. The number of anilines is 1. The number of nitrogens with zero attached hydrogens (tertiary/aromatic N) is 5. The number of pyridine rings is 2. The number of halogens is 2. The summed E-state index contributed by atoms with van der Waals surface area (Å²) in [4.78, 5) is 12.6. The first-order valence-electron chi connectivity index (χ1n) is 6.08. The molecule has 3 aromatic heterocycles. The van der Waals surface area contributed by atoms with Crippen molar-refractivity contribution >= 4 is 37.5 Å². The van der Waals surface area contributed by atoms with E-state index in [0.717, 1.165) is 20.3 Å². The molecule has 21 heavy (non-hydrogen) atoms. The van der Waals surface area contributed by atoms with Crippen LogP contribution in [-0.4, -0.2) is 24.7 Å². The molecule has 0 aliphatic carbocycles. The van der Waals surface area contributed by atoms with E-state index in [4.69, 9.17) is 0 Å². The van der Waals surface area contributed by atoms with Crippen molar-refractivity contribution in [3.8, 4) is 5.82 Å². The van der Waals surface area contributed by atoms with Crippen LogP contribution >= 0.6 is 31.9 Å². The zero-order valence-corrected chi connectivity index (χ0v) is 13.9. The highest BCUT2D eigenvalue weighted by Crippen LogP contribution is 2.22. The summed E-state index contributed by atoms with van der Waals surface area (Å²) in [6, 6.07) is 5.77. The van der Waals surface area contributed by atoms with Gasteiger partial charge in [-0.1, -0.05) is 0 Å². The van der Waals surface area contributed by atoms with Gasteiger partial charge in [-0.25, -0.2) is 14.6 Å². The van der Waals surface area contributed by atoms with Gasteiger partial charge in [-0.05, 0) is 50.1 Å². The van der Waals surface area contributed by atoms with Crippen LogP contribution in [0.15, 0.2) is 52.2 Å². The minimum absolute atomic E-state index is 0.571. The van der Waals surface area contributed by atoms with Crippen molar-refractivity contribution in [2.45, 2.75) is 6.54 Å². The molecular formula is C13H10Br2N6. The second-order valence-corrected chi connectivity index (χ2v) is 5.92. The molecule has 0 saturated heterocycles. The maximum atomic E-state index is 4.37. The number of nitrogens with one attached hydrogen (secondary N) is 1. The fourth-order valence-electron chi connectivity index (χ4n) is 1.79. The molecule has 0 amide bonds. The summed E-state index contributed by atoms with van der Waals surface area (Å²) >= 11 is 6.89. The first-order valence-corrected chi connectivity index (χ1v) is 7.66. The zero-order valence-electron chi connectivity index (χ0n) is 10.7. The number of hydrogen-bond donors (Lipinski definition) is 1. The Bertz CT molecular complexity index is 744. The largest absolute Gasteiger partial charge is 0.376 e. The summed E-state index contributed by atoms with van der Waals surface area (Å²) in [7, 11) is 0. The summed E-state index contributed by atoms with van der Waals surface area (Å²) in [5, 5.41) is 7.42. The molecule has 106 valence electrons. The van der Waals surface area contributed by atoms with Crippen LogP contribution in [-0.2, 0) is 6.54 Å². The van der Waals surface area contributed by atoms with E-state index in [1.807, 2.05) is 18.2 Å². The van der Waals surface area contributed by atoms with Crippen molar-refractivity contribution in [1.82, 2.24) is 24.7 Å². The molecule has 0 unspecified atom stereocenters. The van der Waals surface area contributed by atoms with Crippen molar-refractivity contribution in [2.75, 3.05) is 5.32 Å². The zero-order chi connectivity index (χ0) is 14.7. The van der Waals surface area contributed by atoms with E-state index in [9.17, 15) is 0 Å². The lowest BCUT2D eigenvalue weighted by atomic mass is 10.3. The molecule has 0 aliphatic heterocycles. The van der Waals surface area contributed by atoms with Crippen LogP contribution in [0.3, 0.4) is 0 Å². The molecule has 0 aromatic carbocycles. The molecule has 0 spiro atoms. The summed E-state index contributed by atoms with van der Waals surface area (Å²) in [6.45, 7) is 0.571. The van der Waals surface area contributed by atoms with Crippen LogP contribution in [0.5, 0.6) is 0 Å². The van der Waals surface area contributed by atoms with E-state index in [1.54, 1.807) is 23.4 Å². The minimum atomic E-state index is 0.571. The molecular weight excluding hydrogens is 400 g/mol. The molecule has 3 aromatic rings. The maximum Gasteiger partial charge on any atom is 0.178 e. The SMILES string of the molecule is Brc1cnc(CNc2cccnc2-n2cncn2)c(Br)c1. The molecule has 8 heteroatoms. The van der Waals surface area contributed by atoms with E-state index >= 15 is 0 Å². The van der Waals surface area contributed by atoms with Crippen LogP contribution in [0.4, 0.5) is 5.69 Å². The van der Waals surface area contributed by atoms with Gasteiger partial charge in [-0.15, -0.1) is 0 Å². The lowest BCUT2D eigenvalue weighted by molar-refractivity contribution is 0.843. The predicted octanol–water partition coefficient (Wildman–Crippen LogP) is 3.19. The van der Waals surface area contributed by atoms with Crippen molar-refractivity contribution in [2.24, 2.45) is 0 Å². The van der Waals surface area contributed by atoms with Gasteiger partial charge in [0.15, 0.2) is 5.82 Å². The highest BCUT2D eigenvalue weighted by atomic mass is 79.9. The van der Waals surface area contributed by atoms with Gasteiger partial charge in [0.2, 0.25) is 0 Å². The summed E-state index contributed by atoms with van der Waals surface area (Å²) in [5.74, 6) is 0.697. The Labute approximate surface area is 137 Å². The molecule has 3 heterocycles. The smallest absolute Gasteiger partial charge is 0.178 e. The monoisotopic (exact) mass is 408 g/mol. The van der Waals surface area contributed by atoms with Gasteiger partial charge < -0.3 is 5.32 Å². The first-order chi connectivity index (χ1) is 10.2. The van der Waals surface area contributed by atoms with Crippen molar-refractivity contribution in [3.05, 3.63) is 57.9 Å². The third kappa shape index (κ3) is 3.27. The quantitative estimate of drug-likeness (QED) is 0.716. The lowest BCUT2D eigenvalue weighted by Crippen LogP contribution is -2.08. The summed E-state index contributed by atoms with van der Waals surface area (Å²) < 4.78 is 3.49. The molecule has 6 nitrogen and oxygen atoms in total. The molecule has 0 aliphatic rings. The first kappa shape index (κ1) is 14.2. The van der Waals surface area contributed by atoms with Crippen LogP contribution in [0.1, 0.15) is 5.69 Å². The Morgan fingerprint density at radius 1 is 1.24 bits per heavy atom. The normalized spacial score (nSPS) is 10.6. The van der Waals surface area contributed by atoms with Gasteiger partial charge in [-0.3, -0.25) is 4.98 Å². The standard InChI is InChI=1S/C13H10Br2N6/c14-9-4-10(15)12(18-5-9)6-19-11-2-1-3-17-13(11)21-8-16-7-20-21/h1-5,7-8,19H,6H2. The van der Waals surface area contributed by atoms with Gasteiger partial charge in [0.1, 0.15) is 12.7 Å². The Morgan fingerprint density at radius 3 is 2.90 bits per heavy atom. The Balaban J connectivity index is 1.83. The van der Waals surface area contributed by atoms with Crippen molar-refractivity contribution in [1.29, 1.82) is 0 Å². The predicted molar refractivity (Wildman–Crippen MR) is 86.1 cm³/mol. The van der Waals surface area contributed by atoms with Gasteiger partial charge in [-0.2, -0.15) is 5.10 Å². The maximum absolute atomic E-state index is 4.37. The van der Waals surface area contributed by atoms with E-state index < -0.39 is 0 Å². The fourth-order valence-corrected chi connectivity index (χ4v) is 2.91. The lowest BCUT2D eigenvalue weighted by Gasteiger charge is -2.11. The number of aromatic nitrogens is 5. The Kier molecular flexibility index (Phi) is 4.26. The van der Waals surface area contributed by atoms with Crippen molar-refractivity contribution in [3.63, 3.8) is 0 Å². The number of hydrogen-bond acceptors (Lipinski definition) is 5. The van der Waals surface area contributed by atoms with Gasteiger partial charge >= 0.3 is 0 Å². The average Bonchev–Trinajstić information content (AvgIpc) is 3.01. The Hall–Kier alpha value is -1.80. The van der Waals surface area contributed by atoms with Gasteiger partial charge in [0.05, 0.1) is 17.9 Å². The second-order valence-electron chi connectivity index (χ2n) is 4.15. The van der Waals surface area contributed by atoms with Crippen LogP contribution in [0.25, 0.3) is 5.82 Å². The van der Waals surface area contributed by atoms with Crippen LogP contribution in [0.2, 0.25) is 0 Å². The summed E-state index contributed by atoms with van der Waals surface area (Å²) in [5.41, 5.74) is 1.77. The highest BCUT2D eigenvalue weighted by molar-refractivity contribution is 9.11. The average molecular weight is 410 g/mol.